The Bertz CT molecular complexity index is 689. The van der Waals surface area contributed by atoms with Crippen molar-refractivity contribution < 1.29 is 8.78 Å². The van der Waals surface area contributed by atoms with Gasteiger partial charge >= 0.3 is 0 Å². The zero-order valence-corrected chi connectivity index (χ0v) is 14.8. The van der Waals surface area contributed by atoms with Gasteiger partial charge in [0, 0.05) is 29.4 Å². The third kappa shape index (κ3) is 3.78. The second kappa shape index (κ2) is 7.61. The summed E-state index contributed by atoms with van der Waals surface area (Å²) in [5, 5.41) is 1.06. The maximum absolute atomic E-state index is 12.6. The Kier molecular flexibility index (Phi) is 5.50. The minimum Gasteiger partial charge on any atom is -0.356 e. The Hall–Kier alpha value is -1.47. The van der Waals surface area contributed by atoms with Gasteiger partial charge in [0.05, 0.1) is 12.1 Å². The standard InChI is InChI=1S/C17H22F2N4S/c1-22(10-16(18)19)12-5-7-23(8-6-12)17-14-9-13(24-2)3-4-15(14)20-11-21-17/h3-4,9,11-12,16H,5-8,10H2,1-2H3. The minimum absolute atomic E-state index is 0.155. The molecular weight excluding hydrogens is 330 g/mol. The van der Waals surface area contributed by atoms with E-state index in [-0.39, 0.29) is 12.6 Å². The summed E-state index contributed by atoms with van der Waals surface area (Å²) in [6, 6.07) is 6.43. The quantitative estimate of drug-likeness (QED) is 0.769. The first-order valence-corrected chi connectivity index (χ1v) is 9.33. The zero-order valence-electron chi connectivity index (χ0n) is 14.0. The summed E-state index contributed by atoms with van der Waals surface area (Å²) in [6.07, 6.45) is 3.12. The van der Waals surface area contributed by atoms with E-state index < -0.39 is 6.43 Å². The average molecular weight is 352 g/mol. The molecule has 0 amide bonds. The molecular formula is C17H22F2N4S. The highest BCUT2D eigenvalue weighted by molar-refractivity contribution is 7.98. The molecule has 1 saturated heterocycles. The Balaban J connectivity index is 1.76. The van der Waals surface area contributed by atoms with Gasteiger partial charge in [0.15, 0.2) is 0 Å². The van der Waals surface area contributed by atoms with Crippen LogP contribution in [0.25, 0.3) is 10.9 Å². The molecule has 1 fully saturated rings. The first kappa shape index (κ1) is 17.4. The number of aromatic nitrogens is 2. The fourth-order valence-corrected chi connectivity index (χ4v) is 3.73. The maximum atomic E-state index is 12.6. The molecule has 4 nitrogen and oxygen atoms in total. The van der Waals surface area contributed by atoms with E-state index in [1.54, 1.807) is 30.0 Å². The number of rotatable bonds is 5. The normalized spacial score (nSPS) is 16.5. The number of piperidine rings is 1. The van der Waals surface area contributed by atoms with Gasteiger partial charge in [-0.05, 0) is 44.3 Å². The molecule has 2 heterocycles. The molecule has 0 radical (unpaired) electrons. The first-order valence-electron chi connectivity index (χ1n) is 8.10. The van der Waals surface area contributed by atoms with Crippen molar-refractivity contribution in [2.45, 2.75) is 30.2 Å². The fourth-order valence-electron chi connectivity index (χ4n) is 3.29. The number of benzene rings is 1. The molecule has 0 bridgehead atoms. The number of fused-ring (bicyclic) bond motifs is 1. The molecule has 1 aliphatic rings. The van der Waals surface area contributed by atoms with Crippen LogP contribution in [0, 0.1) is 0 Å². The van der Waals surface area contributed by atoms with Crippen molar-refractivity contribution in [3.05, 3.63) is 24.5 Å². The van der Waals surface area contributed by atoms with Crippen molar-refractivity contribution in [1.82, 2.24) is 14.9 Å². The minimum atomic E-state index is -2.27. The van der Waals surface area contributed by atoms with E-state index >= 15 is 0 Å². The van der Waals surface area contributed by atoms with Gasteiger partial charge in [0.25, 0.3) is 6.43 Å². The molecule has 0 saturated carbocycles. The fraction of sp³-hybridized carbons (Fsp3) is 0.529. The van der Waals surface area contributed by atoms with Crippen LogP contribution in [0.15, 0.2) is 29.4 Å². The summed E-state index contributed by atoms with van der Waals surface area (Å²) in [5.41, 5.74) is 0.940. The van der Waals surface area contributed by atoms with Crippen molar-refractivity contribution in [2.75, 3.05) is 37.8 Å². The summed E-state index contributed by atoms with van der Waals surface area (Å²) in [7, 11) is 1.79. The Morgan fingerprint density at radius 2 is 2.04 bits per heavy atom. The van der Waals surface area contributed by atoms with Gasteiger partial charge in [0.1, 0.15) is 12.1 Å². The molecule has 0 N–H and O–H groups in total. The Labute approximate surface area is 145 Å². The van der Waals surface area contributed by atoms with E-state index in [2.05, 4.69) is 33.3 Å². The van der Waals surface area contributed by atoms with Crippen LogP contribution in [0.3, 0.4) is 0 Å². The van der Waals surface area contributed by atoms with Crippen molar-refractivity contribution in [2.24, 2.45) is 0 Å². The lowest BCUT2D eigenvalue weighted by Crippen LogP contribution is -2.45. The highest BCUT2D eigenvalue weighted by Gasteiger charge is 2.25. The number of nitrogens with zero attached hydrogens (tertiary/aromatic N) is 4. The third-order valence-electron chi connectivity index (χ3n) is 4.63. The van der Waals surface area contributed by atoms with Crippen LogP contribution < -0.4 is 4.90 Å². The second-order valence-electron chi connectivity index (χ2n) is 6.13. The van der Waals surface area contributed by atoms with Gasteiger partial charge in [-0.1, -0.05) is 0 Å². The molecule has 1 aromatic heterocycles. The summed E-state index contributed by atoms with van der Waals surface area (Å²) >= 11 is 1.70. The van der Waals surface area contributed by atoms with Gasteiger partial charge in [-0.25, -0.2) is 18.7 Å². The van der Waals surface area contributed by atoms with Crippen LogP contribution in [0.2, 0.25) is 0 Å². The summed E-state index contributed by atoms with van der Waals surface area (Å²) in [6.45, 7) is 1.50. The monoisotopic (exact) mass is 352 g/mol. The molecule has 1 aromatic carbocycles. The SMILES string of the molecule is CSc1ccc2ncnc(N3CCC(N(C)CC(F)F)CC3)c2c1. The molecule has 3 rings (SSSR count). The van der Waals surface area contributed by atoms with Gasteiger partial charge < -0.3 is 4.90 Å². The van der Waals surface area contributed by atoms with E-state index in [1.165, 1.54) is 4.90 Å². The second-order valence-corrected chi connectivity index (χ2v) is 7.01. The first-order chi connectivity index (χ1) is 11.6. The van der Waals surface area contributed by atoms with Crippen molar-refractivity contribution in [3.63, 3.8) is 0 Å². The number of hydrogen-bond donors (Lipinski definition) is 0. The molecule has 7 heteroatoms. The molecule has 24 heavy (non-hydrogen) atoms. The highest BCUT2D eigenvalue weighted by Crippen LogP contribution is 2.29. The molecule has 130 valence electrons. The van der Waals surface area contributed by atoms with Crippen LogP contribution >= 0.6 is 11.8 Å². The zero-order chi connectivity index (χ0) is 17.1. The molecule has 0 atom stereocenters. The summed E-state index contributed by atoms with van der Waals surface area (Å²) in [5.74, 6) is 0.950. The molecule has 0 unspecified atom stereocenters. The highest BCUT2D eigenvalue weighted by atomic mass is 32.2. The maximum Gasteiger partial charge on any atom is 0.251 e. The lowest BCUT2D eigenvalue weighted by atomic mass is 10.0. The van der Waals surface area contributed by atoms with Gasteiger partial charge in [-0.15, -0.1) is 11.8 Å². The third-order valence-corrected chi connectivity index (χ3v) is 5.36. The van der Waals surface area contributed by atoms with Gasteiger partial charge in [0.2, 0.25) is 0 Å². The van der Waals surface area contributed by atoms with E-state index in [0.717, 1.165) is 42.7 Å². The van der Waals surface area contributed by atoms with Crippen molar-refractivity contribution >= 4 is 28.5 Å². The van der Waals surface area contributed by atoms with Crippen LogP contribution in [-0.2, 0) is 0 Å². The van der Waals surface area contributed by atoms with E-state index in [9.17, 15) is 8.78 Å². The molecule has 0 spiro atoms. The Morgan fingerprint density at radius 3 is 2.71 bits per heavy atom. The topological polar surface area (TPSA) is 32.3 Å². The number of thioether (sulfide) groups is 1. The molecule has 2 aromatic rings. The number of hydrogen-bond acceptors (Lipinski definition) is 5. The smallest absolute Gasteiger partial charge is 0.251 e. The van der Waals surface area contributed by atoms with E-state index in [4.69, 9.17) is 0 Å². The predicted molar refractivity (Wildman–Crippen MR) is 95.2 cm³/mol. The summed E-state index contributed by atoms with van der Waals surface area (Å²) in [4.78, 5) is 14.1. The molecule has 1 aliphatic heterocycles. The van der Waals surface area contributed by atoms with E-state index in [0.29, 0.717) is 0 Å². The van der Waals surface area contributed by atoms with Crippen LogP contribution in [0.5, 0.6) is 0 Å². The van der Waals surface area contributed by atoms with Crippen molar-refractivity contribution in [1.29, 1.82) is 0 Å². The lowest BCUT2D eigenvalue weighted by Gasteiger charge is -2.37. The average Bonchev–Trinajstić information content (AvgIpc) is 2.60. The number of anilines is 1. The summed E-state index contributed by atoms with van der Waals surface area (Å²) < 4.78 is 25.1. The van der Waals surface area contributed by atoms with Crippen LogP contribution in [-0.4, -0.2) is 60.3 Å². The van der Waals surface area contributed by atoms with Crippen molar-refractivity contribution in [3.8, 4) is 0 Å². The van der Waals surface area contributed by atoms with Gasteiger partial charge in [-0.2, -0.15) is 0 Å². The lowest BCUT2D eigenvalue weighted by molar-refractivity contribution is 0.0743. The largest absolute Gasteiger partial charge is 0.356 e. The van der Waals surface area contributed by atoms with Gasteiger partial charge in [-0.3, -0.25) is 4.90 Å². The number of halogens is 2. The van der Waals surface area contributed by atoms with Crippen LogP contribution in [0.4, 0.5) is 14.6 Å². The predicted octanol–water partition coefficient (Wildman–Crippen LogP) is 3.52. The molecule has 0 aliphatic carbocycles. The Morgan fingerprint density at radius 1 is 1.29 bits per heavy atom. The number of alkyl halides is 2. The van der Waals surface area contributed by atoms with E-state index in [1.807, 2.05) is 6.07 Å². The van der Waals surface area contributed by atoms with Crippen LogP contribution in [0.1, 0.15) is 12.8 Å².